The van der Waals surface area contributed by atoms with Gasteiger partial charge in [0.2, 0.25) is 0 Å². The SMILES string of the molecule is COc1ccc(C2[C@@H]3CCCC[C@]3(O)CCN2Cc2ccc(C)cc2)cc1. The van der Waals surface area contributed by atoms with Crippen molar-refractivity contribution < 1.29 is 9.84 Å². The van der Waals surface area contributed by atoms with E-state index >= 15 is 0 Å². The first kappa shape index (κ1) is 18.5. The molecule has 2 aliphatic rings. The molecular weight excluding hydrogens is 334 g/mol. The molecule has 2 fully saturated rings. The monoisotopic (exact) mass is 365 g/mol. The molecule has 1 aliphatic heterocycles. The molecule has 1 heterocycles. The molecule has 0 aromatic heterocycles. The molecule has 0 spiro atoms. The largest absolute Gasteiger partial charge is 0.497 e. The van der Waals surface area contributed by atoms with E-state index in [9.17, 15) is 5.11 Å². The Kier molecular flexibility index (Phi) is 5.25. The smallest absolute Gasteiger partial charge is 0.118 e. The van der Waals surface area contributed by atoms with Crippen LogP contribution in [0.2, 0.25) is 0 Å². The highest BCUT2D eigenvalue weighted by atomic mass is 16.5. The first-order chi connectivity index (χ1) is 13.1. The van der Waals surface area contributed by atoms with Crippen molar-refractivity contribution in [2.45, 2.75) is 57.2 Å². The third kappa shape index (κ3) is 3.76. The molecule has 1 aliphatic carbocycles. The third-order valence-electron chi connectivity index (χ3n) is 6.64. The molecule has 0 amide bonds. The highest BCUT2D eigenvalue weighted by Crippen LogP contribution is 2.49. The van der Waals surface area contributed by atoms with Crippen LogP contribution in [0.1, 0.15) is 54.8 Å². The minimum Gasteiger partial charge on any atom is -0.497 e. The van der Waals surface area contributed by atoms with E-state index in [0.29, 0.717) is 5.92 Å². The summed E-state index contributed by atoms with van der Waals surface area (Å²) in [5.41, 5.74) is 3.44. The van der Waals surface area contributed by atoms with Crippen molar-refractivity contribution in [1.82, 2.24) is 4.90 Å². The molecule has 3 heteroatoms. The summed E-state index contributed by atoms with van der Waals surface area (Å²) < 4.78 is 5.35. The normalized spacial score (nSPS) is 28.6. The Balaban J connectivity index is 1.66. The Morgan fingerprint density at radius 2 is 1.78 bits per heavy atom. The van der Waals surface area contributed by atoms with Crippen LogP contribution >= 0.6 is 0 Å². The zero-order chi connectivity index (χ0) is 18.9. The quantitative estimate of drug-likeness (QED) is 0.839. The molecule has 1 N–H and O–H groups in total. The Morgan fingerprint density at radius 3 is 2.48 bits per heavy atom. The molecule has 27 heavy (non-hydrogen) atoms. The van der Waals surface area contributed by atoms with Crippen LogP contribution in [-0.2, 0) is 6.54 Å². The maximum absolute atomic E-state index is 11.4. The number of piperidine rings is 1. The van der Waals surface area contributed by atoms with Crippen LogP contribution in [0.3, 0.4) is 0 Å². The van der Waals surface area contributed by atoms with E-state index in [0.717, 1.165) is 44.5 Å². The molecule has 0 bridgehead atoms. The predicted octanol–water partition coefficient (Wildman–Crippen LogP) is 4.87. The second kappa shape index (κ2) is 7.65. The van der Waals surface area contributed by atoms with Crippen molar-refractivity contribution in [3.05, 3.63) is 65.2 Å². The number of rotatable bonds is 4. The van der Waals surface area contributed by atoms with Gasteiger partial charge in [-0.2, -0.15) is 0 Å². The summed E-state index contributed by atoms with van der Waals surface area (Å²) in [5, 5.41) is 11.4. The van der Waals surface area contributed by atoms with Gasteiger partial charge in [0.15, 0.2) is 0 Å². The lowest BCUT2D eigenvalue weighted by Crippen LogP contribution is -2.54. The van der Waals surface area contributed by atoms with Gasteiger partial charge in [0.1, 0.15) is 5.75 Å². The van der Waals surface area contributed by atoms with Crippen LogP contribution in [0.5, 0.6) is 5.75 Å². The summed E-state index contributed by atoms with van der Waals surface area (Å²) in [7, 11) is 1.71. The molecule has 1 unspecified atom stereocenters. The second-order valence-corrected chi connectivity index (χ2v) is 8.38. The van der Waals surface area contributed by atoms with Crippen LogP contribution in [0.25, 0.3) is 0 Å². The van der Waals surface area contributed by atoms with Crippen molar-refractivity contribution in [3.8, 4) is 5.75 Å². The summed E-state index contributed by atoms with van der Waals surface area (Å²) in [5.74, 6) is 1.19. The number of benzene rings is 2. The average Bonchev–Trinajstić information content (AvgIpc) is 2.70. The Bertz CT molecular complexity index is 755. The summed E-state index contributed by atoms with van der Waals surface area (Å²) in [6, 6.07) is 17.6. The third-order valence-corrected chi connectivity index (χ3v) is 6.64. The molecule has 2 aromatic rings. The zero-order valence-corrected chi connectivity index (χ0v) is 16.5. The molecule has 3 atom stereocenters. The molecule has 3 nitrogen and oxygen atoms in total. The molecule has 0 radical (unpaired) electrons. The van der Waals surface area contributed by atoms with Gasteiger partial charge < -0.3 is 9.84 Å². The number of ether oxygens (including phenoxy) is 1. The fourth-order valence-corrected chi connectivity index (χ4v) is 5.09. The van der Waals surface area contributed by atoms with Gasteiger partial charge in [-0.15, -0.1) is 0 Å². The van der Waals surface area contributed by atoms with Gasteiger partial charge in [0.05, 0.1) is 12.7 Å². The number of hydrogen-bond donors (Lipinski definition) is 1. The lowest BCUT2D eigenvalue weighted by Gasteiger charge is -2.52. The lowest BCUT2D eigenvalue weighted by atomic mass is 9.66. The summed E-state index contributed by atoms with van der Waals surface area (Å²) in [6.45, 7) is 4.01. The van der Waals surface area contributed by atoms with E-state index in [1.165, 1.54) is 23.1 Å². The van der Waals surface area contributed by atoms with Crippen molar-refractivity contribution in [2.75, 3.05) is 13.7 Å². The number of likely N-dealkylation sites (tertiary alicyclic amines) is 1. The molecule has 2 aromatic carbocycles. The predicted molar refractivity (Wildman–Crippen MR) is 109 cm³/mol. The second-order valence-electron chi connectivity index (χ2n) is 8.38. The van der Waals surface area contributed by atoms with E-state index in [1.807, 2.05) is 0 Å². The van der Waals surface area contributed by atoms with Crippen LogP contribution in [-0.4, -0.2) is 29.3 Å². The summed E-state index contributed by atoms with van der Waals surface area (Å²) in [6.07, 6.45) is 5.31. The lowest BCUT2D eigenvalue weighted by molar-refractivity contribution is -0.126. The standard InChI is InChI=1S/C24H31NO2/c1-18-6-8-19(9-7-18)17-25-16-15-24(26)14-4-3-5-22(24)23(25)20-10-12-21(27-2)13-11-20/h6-13,22-23,26H,3-5,14-17H2,1-2H3/t22-,23?,24-/m0/s1. The molecule has 1 saturated carbocycles. The van der Waals surface area contributed by atoms with Gasteiger partial charge in [0.25, 0.3) is 0 Å². The van der Waals surface area contributed by atoms with Crippen molar-refractivity contribution >= 4 is 0 Å². The number of aryl methyl sites for hydroxylation is 1. The Morgan fingerprint density at radius 1 is 1.04 bits per heavy atom. The van der Waals surface area contributed by atoms with Crippen molar-refractivity contribution in [2.24, 2.45) is 5.92 Å². The van der Waals surface area contributed by atoms with Gasteiger partial charge in [-0.05, 0) is 49.4 Å². The van der Waals surface area contributed by atoms with Crippen LogP contribution in [0, 0.1) is 12.8 Å². The minimum absolute atomic E-state index is 0.260. The van der Waals surface area contributed by atoms with E-state index in [-0.39, 0.29) is 6.04 Å². The summed E-state index contributed by atoms with van der Waals surface area (Å²) in [4.78, 5) is 2.58. The van der Waals surface area contributed by atoms with Crippen LogP contribution in [0.4, 0.5) is 0 Å². The Hall–Kier alpha value is -1.84. The minimum atomic E-state index is -0.507. The summed E-state index contributed by atoms with van der Waals surface area (Å²) >= 11 is 0. The highest BCUT2D eigenvalue weighted by Gasteiger charge is 2.48. The molecule has 1 saturated heterocycles. The fraction of sp³-hybridized carbons (Fsp3) is 0.500. The topological polar surface area (TPSA) is 32.7 Å². The maximum Gasteiger partial charge on any atom is 0.118 e. The Labute approximate surface area is 163 Å². The number of methoxy groups -OCH3 is 1. The van der Waals surface area contributed by atoms with Crippen LogP contribution in [0.15, 0.2) is 48.5 Å². The zero-order valence-electron chi connectivity index (χ0n) is 16.5. The van der Waals surface area contributed by atoms with Gasteiger partial charge in [-0.25, -0.2) is 0 Å². The van der Waals surface area contributed by atoms with Gasteiger partial charge >= 0.3 is 0 Å². The first-order valence-electron chi connectivity index (χ1n) is 10.2. The first-order valence-corrected chi connectivity index (χ1v) is 10.2. The number of nitrogens with zero attached hydrogens (tertiary/aromatic N) is 1. The number of fused-ring (bicyclic) bond motifs is 1. The van der Waals surface area contributed by atoms with E-state index in [1.54, 1.807) is 7.11 Å². The van der Waals surface area contributed by atoms with Gasteiger partial charge in [-0.3, -0.25) is 4.90 Å². The highest BCUT2D eigenvalue weighted by molar-refractivity contribution is 5.31. The van der Waals surface area contributed by atoms with Crippen molar-refractivity contribution in [1.29, 1.82) is 0 Å². The number of hydrogen-bond acceptors (Lipinski definition) is 3. The van der Waals surface area contributed by atoms with E-state index in [2.05, 4.69) is 60.4 Å². The molecular formula is C24H31NO2. The molecule has 4 rings (SSSR count). The molecule has 144 valence electrons. The van der Waals surface area contributed by atoms with E-state index in [4.69, 9.17) is 4.74 Å². The maximum atomic E-state index is 11.4. The van der Waals surface area contributed by atoms with Crippen LogP contribution < -0.4 is 4.74 Å². The van der Waals surface area contributed by atoms with Gasteiger partial charge in [0, 0.05) is 25.0 Å². The van der Waals surface area contributed by atoms with Gasteiger partial charge in [-0.1, -0.05) is 54.8 Å². The van der Waals surface area contributed by atoms with E-state index < -0.39 is 5.60 Å². The number of aliphatic hydroxyl groups is 1. The van der Waals surface area contributed by atoms with Crippen molar-refractivity contribution in [3.63, 3.8) is 0 Å². The average molecular weight is 366 g/mol. The fourth-order valence-electron chi connectivity index (χ4n) is 5.09.